The topological polar surface area (TPSA) is 88.1 Å². The smallest absolute Gasteiger partial charge is 0.227 e. The van der Waals surface area contributed by atoms with Crippen molar-refractivity contribution >= 4 is 50.5 Å². The number of ether oxygens (including phenoxy) is 1. The van der Waals surface area contributed by atoms with E-state index in [1.165, 1.54) is 29.5 Å². The van der Waals surface area contributed by atoms with Gasteiger partial charge in [-0.15, -0.1) is 11.3 Å². The second-order valence-electron chi connectivity index (χ2n) is 9.23. The summed E-state index contributed by atoms with van der Waals surface area (Å²) in [6.07, 6.45) is 3.47. The Hall–Kier alpha value is -4.26. The van der Waals surface area contributed by atoms with Gasteiger partial charge in [0.1, 0.15) is 17.5 Å². The SMILES string of the molecule is C/C=S(/Nc1cccc(-c2ncsc2-c2ccnc(Nc3ccc(N4CCOCC4)nc3)n2)c1)c1c(F)cccc1F. The molecule has 1 fully saturated rings. The van der Waals surface area contributed by atoms with Crippen LogP contribution in [0.25, 0.3) is 21.8 Å². The van der Waals surface area contributed by atoms with Gasteiger partial charge in [-0.05, 0) is 54.8 Å². The lowest BCUT2D eigenvalue weighted by Gasteiger charge is -2.27. The van der Waals surface area contributed by atoms with Crippen molar-refractivity contribution < 1.29 is 13.5 Å². The van der Waals surface area contributed by atoms with Gasteiger partial charge >= 0.3 is 0 Å². The number of hydrogen-bond acceptors (Lipinski definition) is 9. The van der Waals surface area contributed by atoms with Crippen LogP contribution in [0.3, 0.4) is 0 Å². The van der Waals surface area contributed by atoms with Crippen LogP contribution < -0.4 is 14.9 Å². The zero-order valence-electron chi connectivity index (χ0n) is 22.6. The largest absolute Gasteiger partial charge is 0.378 e. The van der Waals surface area contributed by atoms with Crippen molar-refractivity contribution in [3.63, 3.8) is 0 Å². The van der Waals surface area contributed by atoms with Crippen LogP contribution in [0.4, 0.5) is 31.9 Å². The number of aromatic nitrogens is 4. The summed E-state index contributed by atoms with van der Waals surface area (Å²) in [6, 6.07) is 17.3. The van der Waals surface area contributed by atoms with E-state index in [9.17, 15) is 8.78 Å². The Kier molecular flexibility index (Phi) is 8.45. The molecule has 6 rings (SSSR count). The van der Waals surface area contributed by atoms with Gasteiger partial charge in [-0.25, -0.2) is 28.7 Å². The Morgan fingerprint density at radius 2 is 1.76 bits per heavy atom. The molecular formula is C30H27F2N7OS2. The normalized spacial score (nSPS) is 14.1. The molecule has 0 amide bonds. The first-order valence-corrected chi connectivity index (χ1v) is 15.4. The molecule has 0 radical (unpaired) electrons. The van der Waals surface area contributed by atoms with E-state index in [0.29, 0.717) is 24.8 Å². The molecule has 1 unspecified atom stereocenters. The number of anilines is 4. The predicted molar refractivity (Wildman–Crippen MR) is 167 cm³/mol. The number of morpholine rings is 1. The molecule has 8 nitrogen and oxygen atoms in total. The number of nitrogens with zero attached hydrogens (tertiary/aromatic N) is 5. The van der Waals surface area contributed by atoms with Gasteiger partial charge < -0.3 is 19.7 Å². The number of nitrogens with one attached hydrogen (secondary N) is 2. The highest BCUT2D eigenvalue weighted by Crippen LogP contribution is 2.37. The molecule has 0 saturated carbocycles. The monoisotopic (exact) mass is 603 g/mol. The molecule has 0 spiro atoms. The van der Waals surface area contributed by atoms with E-state index >= 15 is 0 Å². The lowest BCUT2D eigenvalue weighted by Crippen LogP contribution is -2.36. The van der Waals surface area contributed by atoms with Gasteiger partial charge in [-0.2, -0.15) is 0 Å². The van der Waals surface area contributed by atoms with Crippen LogP contribution in [-0.4, -0.2) is 51.6 Å². The average molecular weight is 604 g/mol. The summed E-state index contributed by atoms with van der Waals surface area (Å²) in [5.41, 5.74) is 5.59. The van der Waals surface area contributed by atoms with Gasteiger partial charge in [0, 0.05) is 30.5 Å². The van der Waals surface area contributed by atoms with Gasteiger partial charge in [-0.3, -0.25) is 0 Å². The molecule has 1 aliphatic rings. The second-order valence-corrected chi connectivity index (χ2v) is 11.8. The van der Waals surface area contributed by atoms with E-state index in [1.54, 1.807) is 30.2 Å². The maximum atomic E-state index is 14.5. The second kappa shape index (κ2) is 12.7. The molecule has 214 valence electrons. The zero-order chi connectivity index (χ0) is 28.9. The lowest BCUT2D eigenvalue weighted by atomic mass is 10.1. The van der Waals surface area contributed by atoms with Crippen LogP contribution in [0.15, 0.2) is 83.5 Å². The number of hydrogen-bond donors (Lipinski definition) is 2. The van der Waals surface area contributed by atoms with E-state index in [4.69, 9.17) is 9.72 Å². The van der Waals surface area contributed by atoms with Gasteiger partial charge in [-0.1, -0.05) is 28.9 Å². The molecule has 5 aromatic rings. The molecule has 3 aromatic heterocycles. The Morgan fingerprint density at radius 1 is 0.952 bits per heavy atom. The number of rotatable bonds is 8. The summed E-state index contributed by atoms with van der Waals surface area (Å²) in [7, 11) is -0.976. The zero-order valence-corrected chi connectivity index (χ0v) is 24.3. The number of thiazole rings is 1. The van der Waals surface area contributed by atoms with Crippen LogP contribution in [0, 0.1) is 11.6 Å². The minimum absolute atomic E-state index is 0.00620. The predicted octanol–water partition coefficient (Wildman–Crippen LogP) is 7.00. The van der Waals surface area contributed by atoms with Gasteiger partial charge in [0.15, 0.2) is 0 Å². The van der Waals surface area contributed by atoms with Crippen molar-refractivity contribution in [1.82, 2.24) is 19.9 Å². The van der Waals surface area contributed by atoms with E-state index in [0.717, 1.165) is 46.4 Å². The van der Waals surface area contributed by atoms with Crippen molar-refractivity contribution in [2.45, 2.75) is 11.8 Å². The molecule has 2 N–H and O–H groups in total. The lowest BCUT2D eigenvalue weighted by molar-refractivity contribution is 0.122. The van der Waals surface area contributed by atoms with Crippen LogP contribution >= 0.6 is 22.0 Å². The molecule has 4 heterocycles. The van der Waals surface area contributed by atoms with Crippen molar-refractivity contribution in [2.75, 3.05) is 41.2 Å². The molecule has 1 aliphatic heterocycles. The highest BCUT2D eigenvalue weighted by molar-refractivity contribution is 8.16. The molecular weight excluding hydrogens is 577 g/mol. The Labute approximate surface area is 248 Å². The standard InChI is InChI=1S/C30H27F2N7OS2/c1-2-42(29-23(31)7-4-8-24(29)32)38-21-6-3-5-20(17-21)27-28(41-19-35-27)25-11-12-33-30(37-25)36-22-9-10-26(34-18-22)39-13-15-40-16-14-39/h2-12,17-19,38H,13-16H2,1H3,(H,33,36,37). The Morgan fingerprint density at radius 3 is 2.52 bits per heavy atom. The molecule has 12 heteroatoms. The molecule has 2 aromatic carbocycles. The summed E-state index contributed by atoms with van der Waals surface area (Å²) in [5.74, 6) is 0.183. The minimum atomic E-state index is -0.976. The molecule has 42 heavy (non-hydrogen) atoms. The Balaban J connectivity index is 1.21. The minimum Gasteiger partial charge on any atom is -0.378 e. The van der Waals surface area contributed by atoms with Crippen LogP contribution in [0.2, 0.25) is 0 Å². The summed E-state index contributed by atoms with van der Waals surface area (Å²) in [6.45, 7) is 4.83. The molecule has 1 saturated heterocycles. The summed E-state index contributed by atoms with van der Waals surface area (Å²) in [5, 5.41) is 4.99. The fourth-order valence-corrected chi connectivity index (χ4v) is 6.70. The highest BCUT2D eigenvalue weighted by Gasteiger charge is 2.16. The van der Waals surface area contributed by atoms with Crippen molar-refractivity contribution in [3.8, 4) is 21.8 Å². The van der Waals surface area contributed by atoms with Gasteiger partial charge in [0.2, 0.25) is 5.95 Å². The van der Waals surface area contributed by atoms with E-state index in [-0.39, 0.29) is 4.90 Å². The van der Waals surface area contributed by atoms with Crippen molar-refractivity contribution in [1.29, 1.82) is 0 Å². The van der Waals surface area contributed by atoms with Gasteiger partial charge in [0.05, 0.1) is 51.8 Å². The summed E-state index contributed by atoms with van der Waals surface area (Å²) in [4.78, 5) is 21.4. The fourth-order valence-electron chi connectivity index (χ4n) is 4.52. The number of halogens is 2. The number of pyridine rings is 1. The van der Waals surface area contributed by atoms with Gasteiger partial charge in [0.25, 0.3) is 0 Å². The molecule has 1 atom stereocenters. The average Bonchev–Trinajstić information content (AvgIpc) is 3.52. The quantitative estimate of drug-likeness (QED) is 0.183. The first-order valence-electron chi connectivity index (χ1n) is 13.3. The fraction of sp³-hybridized carbons (Fsp3) is 0.167. The number of benzene rings is 2. The van der Waals surface area contributed by atoms with Crippen molar-refractivity contribution in [3.05, 3.63) is 90.2 Å². The third-order valence-corrected chi connectivity index (χ3v) is 9.14. The summed E-state index contributed by atoms with van der Waals surface area (Å²) >= 11 is 1.47. The maximum absolute atomic E-state index is 14.5. The Bertz CT molecular complexity index is 1700. The van der Waals surface area contributed by atoms with E-state index in [1.807, 2.05) is 42.5 Å². The molecule has 0 aliphatic carbocycles. The third-order valence-electron chi connectivity index (χ3n) is 6.53. The van der Waals surface area contributed by atoms with Crippen molar-refractivity contribution in [2.24, 2.45) is 0 Å². The first-order chi connectivity index (χ1) is 20.6. The maximum Gasteiger partial charge on any atom is 0.227 e. The summed E-state index contributed by atoms with van der Waals surface area (Å²) < 4.78 is 37.6. The van der Waals surface area contributed by atoms with Crippen LogP contribution in [-0.2, 0) is 4.74 Å². The first kappa shape index (κ1) is 27.9. The van der Waals surface area contributed by atoms with Crippen LogP contribution in [0.1, 0.15) is 6.92 Å². The van der Waals surface area contributed by atoms with Crippen LogP contribution in [0.5, 0.6) is 0 Å². The molecule has 0 bridgehead atoms. The highest BCUT2D eigenvalue weighted by atomic mass is 32.2. The van der Waals surface area contributed by atoms with E-state index in [2.05, 4.69) is 29.9 Å². The third kappa shape index (κ3) is 6.15. The van der Waals surface area contributed by atoms with E-state index < -0.39 is 22.3 Å².